The second-order valence-corrected chi connectivity index (χ2v) is 6.38. The molecule has 4 heteroatoms. The molecular weight excluding hydrogens is 268 g/mol. The Bertz CT molecular complexity index is 351. The van der Waals surface area contributed by atoms with E-state index >= 15 is 0 Å². The van der Waals surface area contributed by atoms with Crippen LogP contribution >= 0.6 is 0 Å². The van der Waals surface area contributed by atoms with E-state index in [2.05, 4.69) is 0 Å². The van der Waals surface area contributed by atoms with Crippen molar-refractivity contribution in [1.82, 2.24) is 0 Å². The summed E-state index contributed by atoms with van der Waals surface area (Å²) in [4.78, 5) is 24.3. The van der Waals surface area contributed by atoms with Crippen molar-refractivity contribution in [3.05, 3.63) is 0 Å². The summed E-state index contributed by atoms with van der Waals surface area (Å²) in [7, 11) is 0. The molecule has 0 aliphatic carbocycles. The average molecular weight is 300 g/mol. The largest absolute Gasteiger partial charge is 0.481 e. The highest BCUT2D eigenvalue weighted by Crippen LogP contribution is 2.54. The molecule has 0 aliphatic heterocycles. The van der Waals surface area contributed by atoms with Gasteiger partial charge < -0.3 is 10.2 Å². The van der Waals surface area contributed by atoms with Crippen LogP contribution in [0, 0.1) is 16.7 Å². The van der Waals surface area contributed by atoms with Gasteiger partial charge in [-0.05, 0) is 25.2 Å². The van der Waals surface area contributed by atoms with Crippen molar-refractivity contribution in [3.63, 3.8) is 0 Å². The standard InChI is InChI=1S/C17H32O4/c1-6-9-11-16(8-3,14(18)19)17(13(4)5,15(20)21)12-10-7-2/h13H,6-12H2,1-5H3,(H,18,19)(H,20,21). The second-order valence-electron chi connectivity index (χ2n) is 6.38. The average Bonchev–Trinajstić information content (AvgIpc) is 2.41. The molecule has 21 heavy (non-hydrogen) atoms. The maximum Gasteiger partial charge on any atom is 0.311 e. The molecular formula is C17H32O4. The highest BCUT2D eigenvalue weighted by Gasteiger charge is 2.60. The van der Waals surface area contributed by atoms with E-state index in [-0.39, 0.29) is 5.92 Å². The van der Waals surface area contributed by atoms with Gasteiger partial charge in [0, 0.05) is 0 Å². The molecule has 0 rings (SSSR count). The zero-order valence-corrected chi connectivity index (χ0v) is 14.2. The fraction of sp³-hybridized carbons (Fsp3) is 0.882. The molecule has 0 aromatic rings. The van der Waals surface area contributed by atoms with Crippen molar-refractivity contribution in [2.45, 2.75) is 79.6 Å². The van der Waals surface area contributed by atoms with Crippen LogP contribution in [0.4, 0.5) is 0 Å². The lowest BCUT2D eigenvalue weighted by Crippen LogP contribution is -2.55. The quantitative estimate of drug-likeness (QED) is 0.586. The molecule has 0 fully saturated rings. The van der Waals surface area contributed by atoms with Gasteiger partial charge in [-0.1, -0.05) is 60.3 Å². The minimum absolute atomic E-state index is 0.213. The van der Waals surface area contributed by atoms with Gasteiger partial charge in [-0.2, -0.15) is 0 Å². The Kier molecular flexibility index (Phi) is 7.98. The first-order valence-electron chi connectivity index (χ1n) is 8.23. The maximum atomic E-state index is 12.2. The molecule has 0 bridgehead atoms. The number of hydrogen-bond acceptors (Lipinski definition) is 2. The van der Waals surface area contributed by atoms with Crippen LogP contribution in [0.5, 0.6) is 0 Å². The lowest BCUT2D eigenvalue weighted by Gasteiger charge is -2.48. The highest BCUT2D eigenvalue weighted by atomic mass is 16.4. The normalized spacial score (nSPS) is 17.2. The van der Waals surface area contributed by atoms with E-state index in [9.17, 15) is 19.8 Å². The molecule has 4 nitrogen and oxygen atoms in total. The minimum atomic E-state index is -1.20. The van der Waals surface area contributed by atoms with Crippen LogP contribution in [0.25, 0.3) is 0 Å². The van der Waals surface area contributed by atoms with E-state index < -0.39 is 22.8 Å². The summed E-state index contributed by atoms with van der Waals surface area (Å²) in [5.74, 6) is -2.12. The Hall–Kier alpha value is -1.06. The van der Waals surface area contributed by atoms with E-state index in [4.69, 9.17) is 0 Å². The number of hydrogen-bond donors (Lipinski definition) is 2. The van der Waals surface area contributed by atoms with Crippen molar-refractivity contribution in [1.29, 1.82) is 0 Å². The van der Waals surface area contributed by atoms with E-state index in [0.29, 0.717) is 19.3 Å². The third-order valence-electron chi connectivity index (χ3n) is 5.12. The van der Waals surface area contributed by atoms with Crippen molar-refractivity contribution >= 4 is 11.9 Å². The molecule has 124 valence electrons. The predicted octanol–water partition coefficient (Wildman–Crippen LogP) is 4.57. The van der Waals surface area contributed by atoms with E-state index in [1.807, 2.05) is 34.6 Å². The van der Waals surface area contributed by atoms with Gasteiger partial charge in [-0.25, -0.2) is 0 Å². The van der Waals surface area contributed by atoms with Crippen molar-refractivity contribution < 1.29 is 19.8 Å². The van der Waals surface area contributed by atoms with Crippen molar-refractivity contribution in [3.8, 4) is 0 Å². The molecule has 0 radical (unpaired) electrons. The number of aliphatic carboxylic acids is 2. The molecule has 0 aromatic carbocycles. The fourth-order valence-electron chi connectivity index (χ4n) is 3.74. The van der Waals surface area contributed by atoms with Crippen LogP contribution in [-0.2, 0) is 9.59 Å². The lowest BCUT2D eigenvalue weighted by atomic mass is 9.53. The molecule has 2 unspecified atom stereocenters. The Morgan fingerprint density at radius 2 is 1.38 bits per heavy atom. The third-order valence-corrected chi connectivity index (χ3v) is 5.12. The van der Waals surface area contributed by atoms with Crippen LogP contribution in [0.2, 0.25) is 0 Å². The number of carboxylic acids is 2. The first-order valence-corrected chi connectivity index (χ1v) is 8.23. The summed E-state index contributed by atoms with van der Waals surface area (Å²) >= 11 is 0. The number of carboxylic acid groups (broad SMARTS) is 2. The van der Waals surface area contributed by atoms with Crippen LogP contribution in [0.15, 0.2) is 0 Å². The summed E-state index contributed by atoms with van der Waals surface area (Å²) in [5, 5.41) is 19.9. The van der Waals surface area contributed by atoms with Gasteiger partial charge >= 0.3 is 11.9 Å². The lowest BCUT2D eigenvalue weighted by molar-refractivity contribution is -0.183. The van der Waals surface area contributed by atoms with Crippen LogP contribution in [0.1, 0.15) is 79.6 Å². The molecule has 2 atom stereocenters. The number of rotatable bonds is 11. The first-order chi connectivity index (χ1) is 9.76. The molecule has 0 heterocycles. The number of unbranched alkanes of at least 4 members (excludes halogenated alkanes) is 2. The van der Waals surface area contributed by atoms with Crippen molar-refractivity contribution in [2.24, 2.45) is 16.7 Å². The third kappa shape index (κ3) is 3.58. The summed E-state index contributed by atoms with van der Waals surface area (Å²) in [6, 6.07) is 0. The minimum Gasteiger partial charge on any atom is -0.481 e. The van der Waals surface area contributed by atoms with Gasteiger partial charge in [-0.3, -0.25) is 9.59 Å². The fourth-order valence-corrected chi connectivity index (χ4v) is 3.74. The van der Waals surface area contributed by atoms with Gasteiger partial charge in [-0.15, -0.1) is 0 Å². The van der Waals surface area contributed by atoms with E-state index in [1.165, 1.54) is 0 Å². The molecule has 0 amide bonds. The molecule has 0 aliphatic rings. The summed E-state index contributed by atoms with van der Waals surface area (Å²) < 4.78 is 0. The summed E-state index contributed by atoms with van der Waals surface area (Å²) in [5.41, 5.74) is -2.38. The summed E-state index contributed by atoms with van der Waals surface area (Å²) in [6.07, 6.45) is 4.45. The number of carbonyl (C=O) groups is 2. The maximum absolute atomic E-state index is 12.2. The van der Waals surface area contributed by atoms with Gasteiger partial charge in [0.05, 0.1) is 10.8 Å². The van der Waals surface area contributed by atoms with Gasteiger partial charge in [0.1, 0.15) is 0 Å². The smallest absolute Gasteiger partial charge is 0.311 e. The van der Waals surface area contributed by atoms with Crippen molar-refractivity contribution in [2.75, 3.05) is 0 Å². The SMILES string of the molecule is CCCCC(CC)(C(=O)O)C(CCCC)(C(=O)O)C(C)C. The van der Waals surface area contributed by atoms with Crippen LogP contribution < -0.4 is 0 Å². The Morgan fingerprint density at radius 1 is 0.905 bits per heavy atom. The van der Waals surface area contributed by atoms with Gasteiger partial charge in [0.15, 0.2) is 0 Å². The van der Waals surface area contributed by atoms with Gasteiger partial charge in [0.25, 0.3) is 0 Å². The first kappa shape index (κ1) is 19.9. The monoisotopic (exact) mass is 300 g/mol. The molecule has 0 saturated heterocycles. The van der Waals surface area contributed by atoms with Crippen LogP contribution in [-0.4, -0.2) is 22.2 Å². The van der Waals surface area contributed by atoms with Gasteiger partial charge in [0.2, 0.25) is 0 Å². The Balaban J connectivity index is 6.09. The Morgan fingerprint density at radius 3 is 1.67 bits per heavy atom. The molecule has 0 saturated carbocycles. The molecule has 2 N–H and O–H groups in total. The topological polar surface area (TPSA) is 74.6 Å². The Labute approximate surface area is 128 Å². The molecule has 0 aromatic heterocycles. The molecule has 0 spiro atoms. The second kappa shape index (κ2) is 8.40. The zero-order valence-electron chi connectivity index (χ0n) is 14.2. The van der Waals surface area contributed by atoms with E-state index in [1.54, 1.807) is 0 Å². The van der Waals surface area contributed by atoms with E-state index in [0.717, 1.165) is 25.7 Å². The zero-order chi connectivity index (χ0) is 16.7. The highest BCUT2D eigenvalue weighted by molar-refractivity contribution is 5.87. The summed E-state index contributed by atoms with van der Waals surface area (Å²) in [6.45, 7) is 9.53. The predicted molar refractivity (Wildman–Crippen MR) is 84.3 cm³/mol. The van der Waals surface area contributed by atoms with Crippen LogP contribution in [0.3, 0.4) is 0 Å².